The van der Waals surface area contributed by atoms with Crippen molar-refractivity contribution < 1.29 is 5.11 Å². The molecule has 1 atom stereocenters. The molecule has 0 saturated heterocycles. The second kappa shape index (κ2) is 3.74. The normalized spacial score (nSPS) is 13.4. The summed E-state index contributed by atoms with van der Waals surface area (Å²) in [6, 6.07) is 0. The van der Waals surface area contributed by atoms with Crippen molar-refractivity contribution in [2.75, 3.05) is 5.88 Å². The van der Waals surface area contributed by atoms with Gasteiger partial charge in [0.05, 0.1) is 6.10 Å². The fourth-order valence-electron chi connectivity index (χ4n) is 0.884. The molecule has 11 heavy (non-hydrogen) atoms. The Morgan fingerprint density at radius 3 is 3.00 bits per heavy atom. The van der Waals surface area contributed by atoms with Crippen molar-refractivity contribution in [1.29, 1.82) is 0 Å². The molecule has 3 nitrogen and oxygen atoms in total. The molecule has 0 aliphatic heterocycles. The Labute approximate surface area is 70.4 Å². The molecule has 0 bridgehead atoms. The number of aliphatic hydroxyl groups excluding tert-OH is 1. The number of nitrogens with one attached hydrogen (secondary N) is 1. The number of rotatable bonds is 3. The van der Waals surface area contributed by atoms with Crippen LogP contribution in [0.5, 0.6) is 0 Å². The second-order valence-corrected chi connectivity index (χ2v) is 2.81. The quantitative estimate of drug-likeness (QED) is 0.668. The molecule has 0 spiro atoms. The summed E-state index contributed by atoms with van der Waals surface area (Å²) in [6.07, 6.45) is 1.78. The zero-order valence-electron chi connectivity index (χ0n) is 6.34. The maximum Gasteiger partial charge on any atom is 0.103 e. The Balaban J connectivity index is 2.50. The molecule has 0 saturated carbocycles. The molecule has 1 aromatic rings. The highest BCUT2D eigenvalue weighted by Gasteiger charge is 2.04. The first-order chi connectivity index (χ1) is 5.22. The number of hydrogen-bond donors (Lipinski definition) is 2. The van der Waals surface area contributed by atoms with E-state index in [9.17, 15) is 0 Å². The average molecular weight is 175 g/mol. The van der Waals surface area contributed by atoms with Gasteiger partial charge in [0.25, 0.3) is 0 Å². The standard InChI is InChI=1S/C7H11ClN2O/c1-5-9-4-6(10-5)2-7(11)3-8/h4,7,11H,2-3H2,1H3,(H,9,10). The van der Waals surface area contributed by atoms with Gasteiger partial charge in [-0.15, -0.1) is 11.6 Å². The third-order valence-electron chi connectivity index (χ3n) is 1.39. The minimum Gasteiger partial charge on any atom is -0.391 e. The lowest BCUT2D eigenvalue weighted by molar-refractivity contribution is 0.197. The molecule has 1 unspecified atom stereocenters. The van der Waals surface area contributed by atoms with E-state index in [4.69, 9.17) is 16.7 Å². The number of alkyl halides is 1. The third kappa shape index (κ3) is 2.52. The summed E-state index contributed by atoms with van der Waals surface area (Å²) >= 11 is 5.42. The van der Waals surface area contributed by atoms with Gasteiger partial charge in [-0.05, 0) is 6.92 Å². The van der Waals surface area contributed by atoms with Crippen molar-refractivity contribution >= 4 is 11.6 Å². The van der Waals surface area contributed by atoms with E-state index in [1.807, 2.05) is 6.92 Å². The van der Waals surface area contributed by atoms with E-state index >= 15 is 0 Å². The SMILES string of the molecule is Cc1ncc(CC(O)CCl)[nH]1. The number of aromatic amines is 1. The summed E-state index contributed by atoms with van der Waals surface area (Å²) in [5, 5.41) is 9.14. The summed E-state index contributed by atoms with van der Waals surface area (Å²) in [7, 11) is 0. The molecule has 4 heteroatoms. The summed E-state index contributed by atoms with van der Waals surface area (Å²) in [5.41, 5.74) is 0.927. The molecule has 0 aliphatic carbocycles. The van der Waals surface area contributed by atoms with Gasteiger partial charge in [-0.3, -0.25) is 0 Å². The van der Waals surface area contributed by atoms with Gasteiger partial charge in [0.1, 0.15) is 5.82 Å². The van der Waals surface area contributed by atoms with E-state index in [-0.39, 0.29) is 5.88 Å². The topological polar surface area (TPSA) is 48.9 Å². The molecule has 1 rings (SSSR count). The molecule has 0 amide bonds. The Morgan fingerprint density at radius 2 is 2.55 bits per heavy atom. The lowest BCUT2D eigenvalue weighted by Crippen LogP contribution is -2.11. The number of hydrogen-bond acceptors (Lipinski definition) is 2. The Morgan fingerprint density at radius 1 is 1.82 bits per heavy atom. The van der Waals surface area contributed by atoms with Crippen molar-refractivity contribution in [3.05, 3.63) is 17.7 Å². The number of aliphatic hydroxyl groups is 1. The number of H-pyrrole nitrogens is 1. The highest BCUT2D eigenvalue weighted by Crippen LogP contribution is 2.01. The van der Waals surface area contributed by atoms with Crippen LogP contribution in [0.25, 0.3) is 0 Å². The highest BCUT2D eigenvalue weighted by molar-refractivity contribution is 6.18. The van der Waals surface area contributed by atoms with Crippen LogP contribution in [0.15, 0.2) is 6.20 Å². The second-order valence-electron chi connectivity index (χ2n) is 2.51. The highest BCUT2D eigenvalue weighted by atomic mass is 35.5. The van der Waals surface area contributed by atoms with Gasteiger partial charge in [-0.2, -0.15) is 0 Å². The Kier molecular flexibility index (Phi) is 2.91. The minimum atomic E-state index is -0.475. The van der Waals surface area contributed by atoms with Crippen LogP contribution in [-0.4, -0.2) is 27.1 Å². The predicted octanol–water partition coefficient (Wildman–Crippen LogP) is 0.860. The molecular weight excluding hydrogens is 164 g/mol. The van der Waals surface area contributed by atoms with Gasteiger partial charge >= 0.3 is 0 Å². The van der Waals surface area contributed by atoms with Gasteiger partial charge < -0.3 is 10.1 Å². The molecule has 0 radical (unpaired) electrons. The summed E-state index contributed by atoms with van der Waals surface area (Å²) in [5.74, 6) is 1.12. The molecule has 0 aromatic carbocycles. The van der Waals surface area contributed by atoms with Crippen LogP contribution in [0.1, 0.15) is 11.5 Å². The molecule has 2 N–H and O–H groups in total. The van der Waals surface area contributed by atoms with Crippen LogP contribution in [0.4, 0.5) is 0 Å². The van der Waals surface area contributed by atoms with Crippen LogP contribution in [-0.2, 0) is 6.42 Å². The summed E-state index contributed by atoms with van der Waals surface area (Å²) in [6.45, 7) is 1.87. The largest absolute Gasteiger partial charge is 0.391 e. The predicted molar refractivity (Wildman–Crippen MR) is 43.8 cm³/mol. The molecule has 62 valence electrons. The first-order valence-corrected chi connectivity index (χ1v) is 4.00. The van der Waals surface area contributed by atoms with Gasteiger partial charge in [-0.25, -0.2) is 4.98 Å². The first-order valence-electron chi connectivity index (χ1n) is 3.47. The van der Waals surface area contributed by atoms with E-state index < -0.39 is 6.10 Å². The van der Waals surface area contributed by atoms with E-state index in [0.29, 0.717) is 6.42 Å². The summed E-state index contributed by atoms with van der Waals surface area (Å²) in [4.78, 5) is 7.01. The smallest absolute Gasteiger partial charge is 0.103 e. The van der Waals surface area contributed by atoms with Gasteiger partial charge in [0.2, 0.25) is 0 Å². The van der Waals surface area contributed by atoms with E-state index in [0.717, 1.165) is 11.5 Å². The number of nitrogens with zero attached hydrogens (tertiary/aromatic N) is 1. The van der Waals surface area contributed by atoms with Gasteiger partial charge in [0.15, 0.2) is 0 Å². The van der Waals surface area contributed by atoms with Crippen LogP contribution in [0.3, 0.4) is 0 Å². The number of imidazole rings is 1. The molecular formula is C7H11ClN2O. The van der Waals surface area contributed by atoms with Crippen LogP contribution < -0.4 is 0 Å². The maximum absolute atomic E-state index is 9.14. The zero-order chi connectivity index (χ0) is 8.27. The third-order valence-corrected chi connectivity index (χ3v) is 1.75. The van der Waals surface area contributed by atoms with Crippen molar-refractivity contribution in [3.63, 3.8) is 0 Å². The van der Waals surface area contributed by atoms with Gasteiger partial charge in [-0.1, -0.05) is 0 Å². The van der Waals surface area contributed by atoms with Crippen molar-refractivity contribution in [3.8, 4) is 0 Å². The fourth-order valence-corrected chi connectivity index (χ4v) is 0.993. The van der Waals surface area contributed by atoms with Crippen molar-refractivity contribution in [2.45, 2.75) is 19.4 Å². The maximum atomic E-state index is 9.14. The number of halogens is 1. The molecule has 0 fully saturated rings. The zero-order valence-corrected chi connectivity index (χ0v) is 7.10. The Bertz CT molecular complexity index is 224. The monoisotopic (exact) mass is 174 g/mol. The summed E-state index contributed by atoms with van der Waals surface area (Å²) < 4.78 is 0. The van der Waals surface area contributed by atoms with Crippen LogP contribution >= 0.6 is 11.6 Å². The lowest BCUT2D eigenvalue weighted by Gasteiger charge is -2.02. The number of aryl methyl sites for hydroxylation is 1. The average Bonchev–Trinajstić information content (AvgIpc) is 2.35. The first kappa shape index (κ1) is 8.56. The minimum absolute atomic E-state index is 0.262. The van der Waals surface area contributed by atoms with Crippen LogP contribution in [0.2, 0.25) is 0 Å². The van der Waals surface area contributed by atoms with Crippen molar-refractivity contribution in [1.82, 2.24) is 9.97 Å². The number of aromatic nitrogens is 2. The van der Waals surface area contributed by atoms with Gasteiger partial charge in [0, 0.05) is 24.2 Å². The van der Waals surface area contributed by atoms with E-state index in [2.05, 4.69) is 9.97 Å². The molecule has 0 aliphatic rings. The lowest BCUT2D eigenvalue weighted by atomic mass is 10.2. The van der Waals surface area contributed by atoms with E-state index in [1.54, 1.807) is 6.20 Å². The Hall–Kier alpha value is -0.540. The van der Waals surface area contributed by atoms with Crippen molar-refractivity contribution in [2.24, 2.45) is 0 Å². The molecule has 1 heterocycles. The molecule has 1 aromatic heterocycles. The van der Waals surface area contributed by atoms with E-state index in [1.165, 1.54) is 0 Å². The fraction of sp³-hybridized carbons (Fsp3) is 0.571. The van der Waals surface area contributed by atoms with Crippen LogP contribution in [0, 0.1) is 6.92 Å².